The Balaban J connectivity index is 2.04. The zero-order valence-corrected chi connectivity index (χ0v) is 8.96. The van der Waals surface area contributed by atoms with E-state index in [0.717, 1.165) is 10.9 Å². The third-order valence-corrected chi connectivity index (χ3v) is 3.43. The Hall–Kier alpha value is -0.480. The average Bonchev–Trinajstić information content (AvgIpc) is 2.31. The van der Waals surface area contributed by atoms with E-state index >= 15 is 0 Å². The van der Waals surface area contributed by atoms with Crippen LogP contribution in [0.1, 0.15) is 35.9 Å². The first-order valence-electron chi connectivity index (χ1n) is 4.48. The molecule has 1 fully saturated rings. The molecule has 0 amide bonds. The molecule has 1 aromatic rings. The van der Waals surface area contributed by atoms with Gasteiger partial charge in [-0.1, -0.05) is 18.6 Å². The van der Waals surface area contributed by atoms with Gasteiger partial charge in [0.2, 0.25) is 0 Å². The Morgan fingerprint density at radius 3 is 3.00 bits per heavy atom. The van der Waals surface area contributed by atoms with E-state index in [0.29, 0.717) is 11.4 Å². The molecule has 0 aromatic carbocycles. The molecule has 0 aliphatic heterocycles. The molecule has 4 heteroatoms. The van der Waals surface area contributed by atoms with Crippen LogP contribution in [0, 0.1) is 0 Å². The molecule has 2 nitrogen and oxygen atoms in total. The molecule has 1 aliphatic carbocycles. The fourth-order valence-electron chi connectivity index (χ4n) is 1.45. The maximum atomic E-state index is 5.45. The standard InChI is InChI=1S/C9H12N2S2/c10-8(12)4-9-11-7(5-13-9)6-2-1-3-6/h5-6H,1-4H2,(H2,10,12). The summed E-state index contributed by atoms with van der Waals surface area (Å²) >= 11 is 6.52. The van der Waals surface area contributed by atoms with Crippen molar-refractivity contribution in [3.05, 3.63) is 16.1 Å². The van der Waals surface area contributed by atoms with Crippen molar-refractivity contribution in [2.24, 2.45) is 5.73 Å². The lowest BCUT2D eigenvalue weighted by Gasteiger charge is -2.22. The molecular formula is C9H12N2S2. The highest BCUT2D eigenvalue weighted by atomic mass is 32.1. The lowest BCUT2D eigenvalue weighted by molar-refractivity contribution is 0.412. The van der Waals surface area contributed by atoms with Gasteiger partial charge >= 0.3 is 0 Å². The fourth-order valence-corrected chi connectivity index (χ4v) is 2.57. The first-order valence-corrected chi connectivity index (χ1v) is 5.77. The molecule has 70 valence electrons. The van der Waals surface area contributed by atoms with E-state index < -0.39 is 0 Å². The Labute approximate surface area is 87.2 Å². The molecule has 1 saturated carbocycles. The van der Waals surface area contributed by atoms with Crippen LogP contribution in [0.25, 0.3) is 0 Å². The number of hydrogen-bond acceptors (Lipinski definition) is 3. The van der Waals surface area contributed by atoms with Crippen molar-refractivity contribution < 1.29 is 0 Å². The summed E-state index contributed by atoms with van der Waals surface area (Å²) in [6.07, 6.45) is 4.62. The second kappa shape index (κ2) is 3.72. The molecule has 0 atom stereocenters. The van der Waals surface area contributed by atoms with Gasteiger partial charge in [-0.15, -0.1) is 11.3 Å². The van der Waals surface area contributed by atoms with Crippen molar-refractivity contribution in [3.8, 4) is 0 Å². The largest absolute Gasteiger partial charge is 0.393 e. The Kier molecular flexibility index (Phi) is 2.60. The van der Waals surface area contributed by atoms with Gasteiger partial charge < -0.3 is 5.73 Å². The van der Waals surface area contributed by atoms with Gasteiger partial charge in [0.1, 0.15) is 0 Å². The minimum absolute atomic E-state index is 0.537. The monoisotopic (exact) mass is 212 g/mol. The minimum atomic E-state index is 0.537. The van der Waals surface area contributed by atoms with E-state index in [-0.39, 0.29) is 0 Å². The maximum absolute atomic E-state index is 5.45. The summed E-state index contributed by atoms with van der Waals surface area (Å²) in [5, 5.41) is 3.21. The second-order valence-electron chi connectivity index (χ2n) is 3.44. The van der Waals surface area contributed by atoms with Gasteiger partial charge in [0.15, 0.2) is 0 Å². The summed E-state index contributed by atoms with van der Waals surface area (Å²) in [5.74, 6) is 0.719. The molecular weight excluding hydrogens is 200 g/mol. The number of nitrogens with two attached hydrogens (primary N) is 1. The molecule has 13 heavy (non-hydrogen) atoms. The molecule has 0 saturated heterocycles. The number of nitrogens with zero attached hydrogens (tertiary/aromatic N) is 1. The fraction of sp³-hybridized carbons (Fsp3) is 0.556. The zero-order valence-electron chi connectivity index (χ0n) is 7.32. The molecule has 0 unspecified atom stereocenters. The minimum Gasteiger partial charge on any atom is -0.393 e. The van der Waals surface area contributed by atoms with Gasteiger partial charge in [0.25, 0.3) is 0 Å². The summed E-state index contributed by atoms with van der Waals surface area (Å²) in [5.41, 5.74) is 6.71. The van der Waals surface area contributed by atoms with Crippen molar-refractivity contribution in [2.45, 2.75) is 31.6 Å². The average molecular weight is 212 g/mol. The summed E-state index contributed by atoms with van der Waals surface area (Å²) in [4.78, 5) is 5.06. The summed E-state index contributed by atoms with van der Waals surface area (Å²) in [6.45, 7) is 0. The van der Waals surface area contributed by atoms with Crippen molar-refractivity contribution in [1.29, 1.82) is 0 Å². The van der Waals surface area contributed by atoms with Crippen LogP contribution in [-0.2, 0) is 6.42 Å². The van der Waals surface area contributed by atoms with Gasteiger partial charge in [-0.25, -0.2) is 4.98 Å². The van der Waals surface area contributed by atoms with Gasteiger partial charge in [-0.3, -0.25) is 0 Å². The van der Waals surface area contributed by atoms with Crippen molar-refractivity contribution in [1.82, 2.24) is 4.98 Å². The van der Waals surface area contributed by atoms with Crippen LogP contribution in [0.3, 0.4) is 0 Å². The third-order valence-electron chi connectivity index (χ3n) is 2.42. The highest BCUT2D eigenvalue weighted by Gasteiger charge is 2.21. The van der Waals surface area contributed by atoms with Crippen molar-refractivity contribution >= 4 is 28.5 Å². The first kappa shape index (κ1) is 9.09. The van der Waals surface area contributed by atoms with Gasteiger partial charge in [0.05, 0.1) is 15.7 Å². The van der Waals surface area contributed by atoms with Gasteiger partial charge in [-0.2, -0.15) is 0 Å². The summed E-state index contributed by atoms with van der Waals surface area (Å²) in [7, 11) is 0. The molecule has 0 radical (unpaired) electrons. The number of hydrogen-bond donors (Lipinski definition) is 1. The first-order chi connectivity index (χ1) is 6.25. The summed E-state index contributed by atoms with van der Waals surface area (Å²) in [6, 6.07) is 0. The van der Waals surface area contributed by atoms with Crippen molar-refractivity contribution in [2.75, 3.05) is 0 Å². The highest BCUT2D eigenvalue weighted by molar-refractivity contribution is 7.80. The van der Waals surface area contributed by atoms with Crippen LogP contribution >= 0.6 is 23.6 Å². The molecule has 1 aromatic heterocycles. The molecule has 2 rings (SSSR count). The van der Waals surface area contributed by atoms with Crippen LogP contribution < -0.4 is 5.73 Å². The Bertz CT molecular complexity index is 315. The highest BCUT2D eigenvalue weighted by Crippen LogP contribution is 2.36. The number of thiazole rings is 1. The zero-order chi connectivity index (χ0) is 9.26. The van der Waals surface area contributed by atoms with Gasteiger partial charge in [0, 0.05) is 17.7 Å². The Morgan fingerprint density at radius 1 is 1.69 bits per heavy atom. The van der Waals surface area contributed by atoms with E-state index in [1.165, 1.54) is 25.0 Å². The Morgan fingerprint density at radius 2 is 2.46 bits per heavy atom. The normalized spacial score (nSPS) is 16.9. The molecule has 0 spiro atoms. The summed E-state index contributed by atoms with van der Waals surface area (Å²) < 4.78 is 0. The quantitative estimate of drug-likeness (QED) is 0.781. The van der Waals surface area contributed by atoms with Gasteiger partial charge in [-0.05, 0) is 12.8 Å². The number of aromatic nitrogens is 1. The smallest absolute Gasteiger partial charge is 0.0995 e. The van der Waals surface area contributed by atoms with Crippen LogP contribution in [0.15, 0.2) is 5.38 Å². The van der Waals surface area contributed by atoms with Crippen LogP contribution in [0.2, 0.25) is 0 Å². The van der Waals surface area contributed by atoms with E-state index in [2.05, 4.69) is 10.4 Å². The predicted octanol–water partition coefficient (Wildman–Crippen LogP) is 2.24. The predicted molar refractivity (Wildman–Crippen MR) is 59.2 cm³/mol. The maximum Gasteiger partial charge on any atom is 0.0995 e. The van der Waals surface area contributed by atoms with Crippen LogP contribution in [0.4, 0.5) is 0 Å². The lowest BCUT2D eigenvalue weighted by Crippen LogP contribution is -2.12. The van der Waals surface area contributed by atoms with E-state index in [1.54, 1.807) is 11.3 Å². The molecule has 1 aliphatic rings. The third kappa shape index (κ3) is 2.06. The van der Waals surface area contributed by atoms with E-state index in [4.69, 9.17) is 18.0 Å². The topological polar surface area (TPSA) is 38.9 Å². The van der Waals surface area contributed by atoms with E-state index in [1.807, 2.05) is 0 Å². The lowest BCUT2D eigenvalue weighted by atomic mass is 9.83. The molecule has 2 N–H and O–H groups in total. The SMILES string of the molecule is NC(=S)Cc1nc(C2CCC2)cs1. The van der Waals surface area contributed by atoms with Crippen LogP contribution in [-0.4, -0.2) is 9.97 Å². The van der Waals surface area contributed by atoms with Crippen LogP contribution in [0.5, 0.6) is 0 Å². The number of rotatable bonds is 3. The number of thiocarbonyl (C=S) groups is 1. The molecule has 1 heterocycles. The molecule has 0 bridgehead atoms. The van der Waals surface area contributed by atoms with E-state index in [9.17, 15) is 0 Å². The van der Waals surface area contributed by atoms with Crippen molar-refractivity contribution in [3.63, 3.8) is 0 Å². The second-order valence-corrected chi connectivity index (χ2v) is 4.90.